The van der Waals surface area contributed by atoms with E-state index in [1.54, 1.807) is 24.3 Å². The van der Waals surface area contributed by atoms with Crippen LogP contribution in [-0.2, 0) is 26.0 Å². The SMILES string of the molecule is NNC(=O)C(CCS(=O)(=O)Nc1ccccc1)(Cc1ccccc1)N1CCOCC1. The zero-order valence-electron chi connectivity index (χ0n) is 16.8. The van der Waals surface area contributed by atoms with Crippen LogP contribution in [0.25, 0.3) is 0 Å². The Balaban J connectivity index is 1.88. The van der Waals surface area contributed by atoms with E-state index in [1.807, 2.05) is 41.3 Å². The summed E-state index contributed by atoms with van der Waals surface area (Å²) in [5, 5.41) is 0. The molecule has 1 heterocycles. The molecule has 1 amide bonds. The lowest BCUT2D eigenvalue weighted by atomic mass is 9.85. The normalized spacial score (nSPS) is 17.1. The van der Waals surface area contributed by atoms with E-state index in [-0.39, 0.29) is 12.2 Å². The Kier molecular flexibility index (Phi) is 7.43. The standard InChI is InChI=1S/C21H28N4O4S/c22-23-20(26)21(25-12-14-29-15-13-25,17-18-7-3-1-4-8-18)11-16-30(27,28)24-19-9-5-2-6-10-19/h1-10,24H,11-17,22H2,(H,23,26). The number of sulfonamides is 1. The topological polar surface area (TPSA) is 114 Å². The van der Waals surface area contributed by atoms with Crippen LogP contribution in [0, 0.1) is 0 Å². The number of benzene rings is 2. The van der Waals surface area contributed by atoms with Crippen molar-refractivity contribution < 1.29 is 17.9 Å². The number of hydrogen-bond acceptors (Lipinski definition) is 6. The highest BCUT2D eigenvalue weighted by molar-refractivity contribution is 7.92. The Morgan fingerprint density at radius 3 is 2.23 bits per heavy atom. The van der Waals surface area contributed by atoms with Crippen LogP contribution >= 0.6 is 0 Å². The van der Waals surface area contributed by atoms with Gasteiger partial charge in [-0.1, -0.05) is 48.5 Å². The van der Waals surface area contributed by atoms with Crippen molar-refractivity contribution in [1.29, 1.82) is 0 Å². The van der Waals surface area contributed by atoms with Gasteiger partial charge in [-0.25, -0.2) is 14.3 Å². The Bertz CT molecular complexity index is 919. The van der Waals surface area contributed by atoms with Crippen LogP contribution in [0.4, 0.5) is 5.69 Å². The molecule has 9 heteroatoms. The van der Waals surface area contributed by atoms with Crippen molar-refractivity contribution in [2.24, 2.45) is 5.84 Å². The van der Waals surface area contributed by atoms with Gasteiger partial charge in [-0.15, -0.1) is 0 Å². The first-order chi connectivity index (χ1) is 14.5. The van der Waals surface area contributed by atoms with Crippen molar-refractivity contribution in [3.8, 4) is 0 Å². The number of nitrogens with two attached hydrogens (primary N) is 1. The third-order valence-electron chi connectivity index (χ3n) is 5.34. The number of amides is 1. The van der Waals surface area contributed by atoms with E-state index in [0.29, 0.717) is 38.4 Å². The second-order valence-corrected chi connectivity index (χ2v) is 9.15. The van der Waals surface area contributed by atoms with Crippen molar-refractivity contribution in [1.82, 2.24) is 10.3 Å². The molecule has 1 aliphatic rings. The van der Waals surface area contributed by atoms with Gasteiger partial charge in [0.25, 0.3) is 5.91 Å². The summed E-state index contributed by atoms with van der Waals surface area (Å²) < 4.78 is 33.6. The van der Waals surface area contributed by atoms with Crippen molar-refractivity contribution in [2.45, 2.75) is 18.4 Å². The number of nitrogens with one attached hydrogen (secondary N) is 2. The van der Waals surface area contributed by atoms with Gasteiger partial charge in [0.05, 0.1) is 19.0 Å². The van der Waals surface area contributed by atoms with E-state index < -0.39 is 21.5 Å². The predicted octanol–water partition coefficient (Wildman–Crippen LogP) is 1.12. The number of carbonyl (C=O) groups is 1. The van der Waals surface area contributed by atoms with Crippen LogP contribution in [0.15, 0.2) is 60.7 Å². The zero-order chi connectivity index (χ0) is 21.5. The van der Waals surface area contributed by atoms with Crippen LogP contribution in [0.5, 0.6) is 0 Å². The third kappa shape index (κ3) is 5.57. The second-order valence-electron chi connectivity index (χ2n) is 7.30. The Hall–Kier alpha value is -2.46. The average molecular weight is 433 g/mol. The molecule has 8 nitrogen and oxygen atoms in total. The molecular weight excluding hydrogens is 404 g/mol. The fraction of sp³-hybridized carbons (Fsp3) is 0.381. The van der Waals surface area contributed by atoms with Crippen molar-refractivity contribution in [2.75, 3.05) is 36.8 Å². The number of hydrogen-bond donors (Lipinski definition) is 3. The number of morpholine rings is 1. The van der Waals surface area contributed by atoms with Crippen LogP contribution in [0.2, 0.25) is 0 Å². The van der Waals surface area contributed by atoms with Gasteiger partial charge in [0, 0.05) is 18.8 Å². The highest BCUT2D eigenvalue weighted by Gasteiger charge is 2.45. The highest BCUT2D eigenvalue weighted by Crippen LogP contribution is 2.28. The van der Waals surface area contributed by atoms with E-state index in [0.717, 1.165) is 5.56 Å². The Morgan fingerprint density at radius 2 is 1.63 bits per heavy atom. The monoisotopic (exact) mass is 432 g/mol. The minimum atomic E-state index is -3.67. The van der Waals surface area contributed by atoms with E-state index >= 15 is 0 Å². The molecule has 0 spiro atoms. The number of rotatable bonds is 9. The zero-order valence-corrected chi connectivity index (χ0v) is 17.6. The largest absolute Gasteiger partial charge is 0.379 e. The summed E-state index contributed by atoms with van der Waals surface area (Å²) in [6, 6.07) is 18.2. The van der Waals surface area contributed by atoms with Gasteiger partial charge < -0.3 is 4.74 Å². The number of nitrogens with zero attached hydrogens (tertiary/aromatic N) is 1. The van der Waals surface area contributed by atoms with Gasteiger partial charge >= 0.3 is 0 Å². The molecule has 1 unspecified atom stereocenters. The fourth-order valence-electron chi connectivity index (χ4n) is 3.79. The van der Waals surface area contributed by atoms with Gasteiger partial charge in [0.1, 0.15) is 5.54 Å². The first kappa shape index (κ1) is 22.2. The summed E-state index contributed by atoms with van der Waals surface area (Å²) >= 11 is 0. The molecular formula is C21H28N4O4S. The Labute approximate surface area is 177 Å². The molecule has 0 aliphatic carbocycles. The number of anilines is 1. The first-order valence-electron chi connectivity index (χ1n) is 9.88. The fourth-order valence-corrected chi connectivity index (χ4v) is 5.00. The molecule has 1 saturated heterocycles. The van der Waals surface area contributed by atoms with Gasteiger partial charge in [-0.2, -0.15) is 0 Å². The van der Waals surface area contributed by atoms with Crippen LogP contribution in [-0.4, -0.2) is 56.8 Å². The van der Waals surface area contributed by atoms with Crippen molar-refractivity contribution in [3.63, 3.8) is 0 Å². The lowest BCUT2D eigenvalue weighted by Crippen LogP contribution is -2.64. The molecule has 1 aliphatic heterocycles. The summed E-state index contributed by atoms with van der Waals surface area (Å²) in [6.45, 7) is 1.99. The van der Waals surface area contributed by atoms with Crippen molar-refractivity contribution in [3.05, 3.63) is 66.2 Å². The maximum absolute atomic E-state index is 13.1. The van der Waals surface area contributed by atoms with E-state index in [2.05, 4.69) is 10.1 Å². The molecule has 1 atom stereocenters. The first-order valence-corrected chi connectivity index (χ1v) is 11.5. The third-order valence-corrected chi connectivity index (χ3v) is 6.63. The average Bonchev–Trinajstić information content (AvgIpc) is 2.78. The second kappa shape index (κ2) is 10.0. The van der Waals surface area contributed by atoms with E-state index in [4.69, 9.17) is 10.6 Å². The van der Waals surface area contributed by atoms with Gasteiger partial charge in [-0.3, -0.25) is 19.8 Å². The van der Waals surface area contributed by atoms with Gasteiger partial charge in [0.2, 0.25) is 10.0 Å². The van der Waals surface area contributed by atoms with E-state index in [1.165, 1.54) is 0 Å². The molecule has 2 aromatic carbocycles. The number of ether oxygens (including phenoxy) is 1. The summed E-state index contributed by atoms with van der Waals surface area (Å²) in [5.41, 5.74) is 2.59. The minimum absolute atomic E-state index is 0.0904. The maximum Gasteiger partial charge on any atom is 0.254 e. The smallest absolute Gasteiger partial charge is 0.254 e. The summed E-state index contributed by atoms with van der Waals surface area (Å²) in [4.78, 5) is 15.1. The summed E-state index contributed by atoms with van der Waals surface area (Å²) in [7, 11) is -3.67. The summed E-state index contributed by atoms with van der Waals surface area (Å²) in [5.74, 6) is 4.94. The lowest BCUT2D eigenvalue weighted by molar-refractivity contribution is -0.137. The molecule has 162 valence electrons. The molecule has 4 N–H and O–H groups in total. The Morgan fingerprint density at radius 1 is 1.03 bits per heavy atom. The number of para-hydroxylation sites is 1. The minimum Gasteiger partial charge on any atom is -0.379 e. The molecule has 0 aromatic heterocycles. The number of carbonyl (C=O) groups excluding carboxylic acids is 1. The molecule has 0 saturated carbocycles. The van der Waals surface area contributed by atoms with Crippen LogP contribution < -0.4 is 16.0 Å². The van der Waals surface area contributed by atoms with Gasteiger partial charge in [0.15, 0.2) is 0 Å². The molecule has 0 bridgehead atoms. The lowest BCUT2D eigenvalue weighted by Gasteiger charge is -2.44. The summed E-state index contributed by atoms with van der Waals surface area (Å²) in [6.07, 6.45) is 0.435. The van der Waals surface area contributed by atoms with Crippen LogP contribution in [0.1, 0.15) is 12.0 Å². The number of hydrazine groups is 1. The molecule has 2 aromatic rings. The van der Waals surface area contributed by atoms with Crippen LogP contribution in [0.3, 0.4) is 0 Å². The molecule has 30 heavy (non-hydrogen) atoms. The van der Waals surface area contributed by atoms with Gasteiger partial charge in [-0.05, 0) is 30.5 Å². The molecule has 1 fully saturated rings. The van der Waals surface area contributed by atoms with Crippen molar-refractivity contribution >= 4 is 21.6 Å². The maximum atomic E-state index is 13.1. The quantitative estimate of drug-likeness (QED) is 0.311. The van der Waals surface area contributed by atoms with E-state index in [9.17, 15) is 13.2 Å². The predicted molar refractivity (Wildman–Crippen MR) is 116 cm³/mol. The highest BCUT2D eigenvalue weighted by atomic mass is 32.2. The molecule has 0 radical (unpaired) electrons. The molecule has 3 rings (SSSR count).